The first kappa shape index (κ1) is 15.1. The maximum atomic E-state index is 13.3. The van der Waals surface area contributed by atoms with Crippen LogP contribution in [0, 0.1) is 10.8 Å². The molecule has 1 saturated carbocycles. The molecule has 2 atom stereocenters. The van der Waals surface area contributed by atoms with Gasteiger partial charge in [-0.15, -0.1) is 0 Å². The Hall–Kier alpha value is -1.84. The smallest absolute Gasteiger partial charge is 0.313 e. The molecule has 2 fully saturated rings. The van der Waals surface area contributed by atoms with Crippen LogP contribution in [0.5, 0.6) is 0 Å². The normalized spacial score (nSPS) is 31.9. The lowest BCUT2D eigenvalue weighted by molar-refractivity contribution is -0.167. The molecule has 2 aliphatic rings. The van der Waals surface area contributed by atoms with Gasteiger partial charge in [0.05, 0.1) is 5.41 Å². The second-order valence-electron chi connectivity index (χ2n) is 7.06. The van der Waals surface area contributed by atoms with Gasteiger partial charge in [0.25, 0.3) is 5.91 Å². The van der Waals surface area contributed by atoms with Crippen molar-refractivity contribution in [2.75, 3.05) is 11.4 Å². The second-order valence-corrected chi connectivity index (χ2v) is 7.06. The zero-order valence-corrected chi connectivity index (χ0v) is 13.7. The minimum Gasteiger partial charge on any atom is -0.448 e. The fourth-order valence-corrected chi connectivity index (χ4v) is 3.99. The van der Waals surface area contributed by atoms with Gasteiger partial charge in [0.2, 0.25) is 0 Å². The number of esters is 1. The molecule has 1 saturated heterocycles. The van der Waals surface area contributed by atoms with E-state index in [0.29, 0.717) is 19.4 Å². The van der Waals surface area contributed by atoms with Gasteiger partial charge in [0.1, 0.15) is 0 Å². The highest BCUT2D eigenvalue weighted by molar-refractivity contribution is 6.04. The third-order valence-electron chi connectivity index (χ3n) is 6.06. The summed E-state index contributed by atoms with van der Waals surface area (Å²) in [6.45, 7) is 8.40. The summed E-state index contributed by atoms with van der Waals surface area (Å²) in [6.07, 6.45) is 1.31. The van der Waals surface area contributed by atoms with Crippen molar-refractivity contribution in [1.82, 2.24) is 0 Å². The number of hydrogen-bond donors (Lipinski definition) is 0. The van der Waals surface area contributed by atoms with Crippen LogP contribution < -0.4 is 4.90 Å². The van der Waals surface area contributed by atoms with Gasteiger partial charge in [-0.2, -0.15) is 0 Å². The number of benzene rings is 1. The molecular formula is C18H23NO3. The minimum absolute atomic E-state index is 0.0965. The third-order valence-corrected chi connectivity index (χ3v) is 6.06. The summed E-state index contributed by atoms with van der Waals surface area (Å²) in [6, 6.07) is 9.57. The van der Waals surface area contributed by atoms with E-state index in [9.17, 15) is 9.59 Å². The van der Waals surface area contributed by atoms with Crippen molar-refractivity contribution in [2.45, 2.75) is 46.1 Å². The molecule has 2 bridgehead atoms. The number of likely N-dealkylation sites (N-methyl/N-ethyl adjacent to an activating group) is 1. The molecule has 1 amide bonds. The Labute approximate surface area is 131 Å². The topological polar surface area (TPSA) is 46.6 Å². The third kappa shape index (κ3) is 1.58. The van der Waals surface area contributed by atoms with Crippen LogP contribution in [0.3, 0.4) is 0 Å². The van der Waals surface area contributed by atoms with Crippen LogP contribution in [0.2, 0.25) is 0 Å². The summed E-state index contributed by atoms with van der Waals surface area (Å²) in [4.78, 5) is 27.4. The van der Waals surface area contributed by atoms with Crippen LogP contribution in [0.25, 0.3) is 0 Å². The molecule has 1 aliphatic heterocycles. The average molecular weight is 301 g/mol. The summed E-state index contributed by atoms with van der Waals surface area (Å²) in [5, 5.41) is 0. The Kier molecular flexibility index (Phi) is 3.13. The largest absolute Gasteiger partial charge is 0.448 e. The predicted molar refractivity (Wildman–Crippen MR) is 84.4 cm³/mol. The van der Waals surface area contributed by atoms with Crippen LogP contribution in [0.4, 0.5) is 5.69 Å². The summed E-state index contributed by atoms with van der Waals surface area (Å²) < 4.78 is 5.70. The Morgan fingerprint density at radius 2 is 1.82 bits per heavy atom. The van der Waals surface area contributed by atoms with Crippen molar-refractivity contribution in [3.8, 4) is 0 Å². The molecular weight excluding hydrogens is 278 g/mol. The maximum Gasteiger partial charge on any atom is 0.313 e. The maximum absolute atomic E-state index is 13.3. The molecule has 118 valence electrons. The van der Waals surface area contributed by atoms with Crippen LogP contribution in [-0.4, -0.2) is 24.0 Å². The number of nitrogens with zero attached hydrogens (tertiary/aromatic N) is 1. The summed E-state index contributed by atoms with van der Waals surface area (Å²) >= 11 is 0. The fraction of sp³-hybridized carbons (Fsp3) is 0.556. The molecule has 1 aromatic carbocycles. The number of hydrogen-bond acceptors (Lipinski definition) is 3. The van der Waals surface area contributed by atoms with E-state index in [1.807, 2.05) is 58.0 Å². The van der Waals surface area contributed by atoms with E-state index in [-0.39, 0.29) is 11.9 Å². The molecule has 4 heteroatoms. The summed E-state index contributed by atoms with van der Waals surface area (Å²) in [5.41, 5.74) is -1.27. The first-order valence-electron chi connectivity index (χ1n) is 7.90. The highest BCUT2D eigenvalue weighted by Crippen LogP contribution is 2.66. The molecule has 22 heavy (non-hydrogen) atoms. The van der Waals surface area contributed by atoms with Gasteiger partial charge < -0.3 is 9.64 Å². The first-order valence-corrected chi connectivity index (χ1v) is 7.90. The van der Waals surface area contributed by atoms with E-state index in [2.05, 4.69) is 0 Å². The van der Waals surface area contributed by atoms with E-state index < -0.39 is 16.4 Å². The van der Waals surface area contributed by atoms with E-state index in [1.54, 1.807) is 4.90 Å². The molecule has 0 aromatic heterocycles. The summed E-state index contributed by atoms with van der Waals surface area (Å²) in [5.74, 6) is -0.331. The number of fused-ring (bicyclic) bond motifs is 2. The number of carbonyl (C=O) groups is 2. The van der Waals surface area contributed by atoms with E-state index in [0.717, 1.165) is 5.69 Å². The number of amides is 1. The monoisotopic (exact) mass is 301 g/mol. The Morgan fingerprint density at radius 1 is 1.18 bits per heavy atom. The van der Waals surface area contributed by atoms with E-state index >= 15 is 0 Å². The second kappa shape index (κ2) is 4.58. The van der Waals surface area contributed by atoms with Crippen LogP contribution >= 0.6 is 0 Å². The molecule has 1 heterocycles. The summed E-state index contributed by atoms with van der Waals surface area (Å²) in [7, 11) is 0. The molecule has 0 radical (unpaired) electrons. The molecule has 0 N–H and O–H groups in total. The zero-order valence-electron chi connectivity index (χ0n) is 13.7. The molecule has 4 nitrogen and oxygen atoms in total. The lowest BCUT2D eigenvalue weighted by Crippen LogP contribution is -2.55. The number of carbonyl (C=O) groups excluding carboxylic acids is 2. The van der Waals surface area contributed by atoms with Crippen LogP contribution in [-0.2, 0) is 14.3 Å². The van der Waals surface area contributed by atoms with Gasteiger partial charge in [0.15, 0.2) is 5.60 Å². The number of anilines is 1. The highest BCUT2D eigenvalue weighted by Gasteiger charge is 2.76. The Bertz CT molecular complexity index is 624. The van der Waals surface area contributed by atoms with Crippen LogP contribution in [0.15, 0.2) is 30.3 Å². The quantitative estimate of drug-likeness (QED) is 0.806. The van der Waals surface area contributed by atoms with E-state index in [4.69, 9.17) is 4.74 Å². The number of rotatable bonds is 3. The fourth-order valence-electron chi connectivity index (χ4n) is 3.99. The Balaban J connectivity index is 2.03. The minimum atomic E-state index is -1.04. The van der Waals surface area contributed by atoms with Gasteiger partial charge in [-0.25, -0.2) is 0 Å². The van der Waals surface area contributed by atoms with Gasteiger partial charge in [-0.3, -0.25) is 9.59 Å². The highest BCUT2D eigenvalue weighted by atomic mass is 16.6. The standard InChI is InChI=1S/C18H23NO3/c1-5-19(13-9-7-6-8-10-13)14(20)18-12-11-17(4,15(21)22-18)16(18,2)3/h6-10H,5,11-12H2,1-4H3. The van der Waals surface area contributed by atoms with Gasteiger partial charge in [0, 0.05) is 17.6 Å². The van der Waals surface area contributed by atoms with Crippen molar-refractivity contribution in [2.24, 2.45) is 10.8 Å². The lowest BCUT2D eigenvalue weighted by Gasteiger charge is -2.38. The predicted octanol–water partition coefficient (Wildman–Crippen LogP) is 3.16. The molecule has 1 aliphatic carbocycles. The number of para-hydroxylation sites is 1. The van der Waals surface area contributed by atoms with Crippen molar-refractivity contribution >= 4 is 17.6 Å². The van der Waals surface area contributed by atoms with Crippen molar-refractivity contribution in [1.29, 1.82) is 0 Å². The molecule has 3 rings (SSSR count). The first-order chi connectivity index (χ1) is 10.3. The lowest BCUT2D eigenvalue weighted by atomic mass is 9.66. The zero-order chi connectivity index (χ0) is 16.2. The van der Waals surface area contributed by atoms with Gasteiger partial charge >= 0.3 is 5.97 Å². The SMILES string of the molecule is CCN(C(=O)C12CCC(C)(C(=O)O1)C2(C)C)c1ccccc1. The van der Waals surface area contributed by atoms with Crippen molar-refractivity contribution in [3.05, 3.63) is 30.3 Å². The van der Waals surface area contributed by atoms with E-state index in [1.165, 1.54) is 0 Å². The number of ether oxygens (including phenoxy) is 1. The molecule has 0 spiro atoms. The van der Waals surface area contributed by atoms with Crippen molar-refractivity contribution < 1.29 is 14.3 Å². The van der Waals surface area contributed by atoms with Crippen molar-refractivity contribution in [3.63, 3.8) is 0 Å². The van der Waals surface area contributed by atoms with Crippen LogP contribution in [0.1, 0.15) is 40.5 Å². The molecule has 2 unspecified atom stereocenters. The van der Waals surface area contributed by atoms with Gasteiger partial charge in [-0.05, 0) is 38.8 Å². The average Bonchev–Trinajstić information content (AvgIpc) is 2.79. The van der Waals surface area contributed by atoms with Gasteiger partial charge in [-0.1, -0.05) is 32.0 Å². The molecule has 1 aromatic rings. The Morgan fingerprint density at radius 3 is 2.27 bits per heavy atom.